The van der Waals surface area contributed by atoms with Crippen molar-refractivity contribution in [1.29, 1.82) is 0 Å². The molecule has 0 radical (unpaired) electrons. The molecule has 2 N–H and O–H groups in total. The van der Waals surface area contributed by atoms with Gasteiger partial charge in [-0.15, -0.1) is 0 Å². The summed E-state index contributed by atoms with van der Waals surface area (Å²) in [6.45, 7) is 3.27. The van der Waals surface area contributed by atoms with Crippen LogP contribution in [-0.2, 0) is 4.79 Å². The number of hydrogen-bond acceptors (Lipinski definition) is 4. The summed E-state index contributed by atoms with van der Waals surface area (Å²) in [6.07, 6.45) is 1.81. The quantitative estimate of drug-likeness (QED) is 0.737. The molecule has 2 aliphatic heterocycles. The number of rotatable bonds is 2. The number of aliphatic hydroxyl groups excluding tert-OH is 1. The van der Waals surface area contributed by atoms with E-state index in [4.69, 9.17) is 5.11 Å². The summed E-state index contributed by atoms with van der Waals surface area (Å²) in [5.41, 5.74) is 0. The molecule has 0 spiro atoms. The standard InChI is InChI=1S/C14H23N3O4/c18-11-8-12(17(9-11)14(20)21)13(19)16-5-1-4-15(6-7-16)10-2-3-10/h10-12,18H,1-9H2,(H,20,21)/t11-,12-/m1/s1. The van der Waals surface area contributed by atoms with Crippen LogP contribution in [0.1, 0.15) is 25.7 Å². The molecule has 0 aromatic rings. The van der Waals surface area contributed by atoms with Crippen molar-refractivity contribution in [3.63, 3.8) is 0 Å². The topological polar surface area (TPSA) is 84.3 Å². The van der Waals surface area contributed by atoms with Crippen molar-refractivity contribution >= 4 is 12.0 Å². The van der Waals surface area contributed by atoms with E-state index >= 15 is 0 Å². The highest BCUT2D eigenvalue weighted by molar-refractivity contribution is 5.86. The second-order valence-corrected chi connectivity index (χ2v) is 6.29. The molecule has 0 bridgehead atoms. The van der Waals surface area contributed by atoms with Crippen molar-refractivity contribution in [1.82, 2.24) is 14.7 Å². The van der Waals surface area contributed by atoms with Crippen molar-refractivity contribution in [2.75, 3.05) is 32.7 Å². The highest BCUT2D eigenvalue weighted by Gasteiger charge is 2.41. The van der Waals surface area contributed by atoms with Gasteiger partial charge in [0.25, 0.3) is 0 Å². The van der Waals surface area contributed by atoms with E-state index in [9.17, 15) is 14.7 Å². The van der Waals surface area contributed by atoms with Crippen LogP contribution in [0, 0.1) is 0 Å². The molecule has 118 valence electrons. The van der Waals surface area contributed by atoms with Gasteiger partial charge in [0.15, 0.2) is 0 Å². The lowest BCUT2D eigenvalue weighted by atomic mass is 10.1. The Morgan fingerprint density at radius 1 is 1.05 bits per heavy atom. The monoisotopic (exact) mass is 297 g/mol. The van der Waals surface area contributed by atoms with E-state index in [-0.39, 0.29) is 18.9 Å². The van der Waals surface area contributed by atoms with Gasteiger partial charge in [-0.3, -0.25) is 14.6 Å². The third kappa shape index (κ3) is 3.13. The first-order valence-electron chi connectivity index (χ1n) is 7.76. The Kier molecular flexibility index (Phi) is 4.03. The Labute approximate surface area is 124 Å². The Hall–Kier alpha value is -1.34. The first-order valence-corrected chi connectivity index (χ1v) is 7.76. The van der Waals surface area contributed by atoms with Gasteiger partial charge < -0.3 is 15.1 Å². The number of aliphatic hydroxyl groups is 1. The van der Waals surface area contributed by atoms with Crippen molar-refractivity contribution in [3.05, 3.63) is 0 Å². The maximum absolute atomic E-state index is 12.6. The first-order chi connectivity index (χ1) is 10.1. The van der Waals surface area contributed by atoms with Gasteiger partial charge in [0.05, 0.1) is 12.6 Å². The summed E-state index contributed by atoms with van der Waals surface area (Å²) >= 11 is 0. The molecule has 2 heterocycles. The van der Waals surface area contributed by atoms with Crippen LogP contribution in [0.2, 0.25) is 0 Å². The lowest BCUT2D eigenvalue weighted by Gasteiger charge is -2.28. The molecular weight excluding hydrogens is 274 g/mol. The van der Waals surface area contributed by atoms with E-state index in [1.54, 1.807) is 4.90 Å². The molecule has 1 saturated carbocycles. The van der Waals surface area contributed by atoms with Crippen LogP contribution in [0.4, 0.5) is 4.79 Å². The Morgan fingerprint density at radius 3 is 2.48 bits per heavy atom. The van der Waals surface area contributed by atoms with Crippen molar-refractivity contribution in [2.45, 2.75) is 43.9 Å². The number of nitrogens with zero attached hydrogens (tertiary/aromatic N) is 3. The summed E-state index contributed by atoms with van der Waals surface area (Å²) in [6, 6.07) is -0.0196. The fraction of sp³-hybridized carbons (Fsp3) is 0.857. The fourth-order valence-corrected chi connectivity index (χ4v) is 3.43. The second-order valence-electron chi connectivity index (χ2n) is 6.29. The van der Waals surface area contributed by atoms with E-state index in [1.807, 2.05) is 0 Å². The molecule has 2 saturated heterocycles. The molecule has 3 aliphatic rings. The van der Waals surface area contributed by atoms with Crippen molar-refractivity contribution in [3.8, 4) is 0 Å². The number of amides is 2. The van der Waals surface area contributed by atoms with Gasteiger partial charge in [0, 0.05) is 38.6 Å². The number of β-amino-alcohol motifs (C(OH)–C–C–N with tert-alkyl or cyclic N) is 1. The summed E-state index contributed by atoms with van der Waals surface area (Å²) in [7, 11) is 0. The van der Waals surface area contributed by atoms with Crippen LogP contribution >= 0.6 is 0 Å². The molecule has 7 nitrogen and oxygen atoms in total. The minimum atomic E-state index is -1.13. The number of hydrogen-bond donors (Lipinski definition) is 2. The average molecular weight is 297 g/mol. The van der Waals surface area contributed by atoms with Gasteiger partial charge in [0.2, 0.25) is 5.91 Å². The van der Waals surface area contributed by atoms with Crippen LogP contribution in [0.5, 0.6) is 0 Å². The smallest absolute Gasteiger partial charge is 0.408 e. The van der Waals surface area contributed by atoms with E-state index in [0.717, 1.165) is 24.4 Å². The Balaban J connectivity index is 1.62. The van der Waals surface area contributed by atoms with Crippen LogP contribution in [0.3, 0.4) is 0 Å². The highest BCUT2D eigenvalue weighted by atomic mass is 16.4. The van der Waals surface area contributed by atoms with Crippen LogP contribution in [-0.4, -0.2) is 87.8 Å². The summed E-state index contributed by atoms with van der Waals surface area (Å²) in [5.74, 6) is -0.147. The second kappa shape index (κ2) is 5.81. The van der Waals surface area contributed by atoms with Crippen molar-refractivity contribution < 1.29 is 19.8 Å². The Bertz CT molecular complexity index is 426. The van der Waals surface area contributed by atoms with Gasteiger partial charge in [-0.1, -0.05) is 0 Å². The molecule has 7 heteroatoms. The highest BCUT2D eigenvalue weighted by Crippen LogP contribution is 2.28. The van der Waals surface area contributed by atoms with Gasteiger partial charge in [0.1, 0.15) is 6.04 Å². The first kappa shape index (κ1) is 14.6. The Morgan fingerprint density at radius 2 is 1.81 bits per heavy atom. The average Bonchev–Trinajstić information content (AvgIpc) is 3.22. The molecule has 0 aromatic heterocycles. The predicted molar refractivity (Wildman–Crippen MR) is 74.9 cm³/mol. The normalized spacial score (nSPS) is 31.3. The largest absolute Gasteiger partial charge is 0.465 e. The van der Waals surface area contributed by atoms with Gasteiger partial charge in [-0.25, -0.2) is 4.79 Å². The van der Waals surface area contributed by atoms with Crippen LogP contribution in [0.15, 0.2) is 0 Å². The minimum absolute atomic E-state index is 0.0355. The van der Waals surface area contributed by atoms with Crippen LogP contribution < -0.4 is 0 Å². The van der Waals surface area contributed by atoms with E-state index in [0.29, 0.717) is 19.1 Å². The third-order valence-electron chi connectivity index (χ3n) is 4.72. The van der Waals surface area contributed by atoms with E-state index < -0.39 is 18.2 Å². The van der Waals surface area contributed by atoms with Gasteiger partial charge in [-0.05, 0) is 19.3 Å². The molecule has 3 rings (SSSR count). The molecule has 1 aliphatic carbocycles. The molecule has 3 fully saturated rings. The summed E-state index contributed by atoms with van der Waals surface area (Å²) < 4.78 is 0. The minimum Gasteiger partial charge on any atom is -0.465 e. The van der Waals surface area contributed by atoms with Gasteiger partial charge in [-0.2, -0.15) is 0 Å². The van der Waals surface area contributed by atoms with E-state index in [2.05, 4.69) is 4.90 Å². The molecular formula is C14H23N3O4. The third-order valence-corrected chi connectivity index (χ3v) is 4.72. The SMILES string of the molecule is O=C([C@H]1C[C@@H](O)CN1C(=O)O)N1CCCN(C2CC2)CC1. The summed E-state index contributed by atoms with van der Waals surface area (Å²) in [5, 5.41) is 18.8. The molecule has 2 amide bonds. The lowest BCUT2D eigenvalue weighted by molar-refractivity contribution is -0.135. The number of carbonyl (C=O) groups excluding carboxylic acids is 1. The zero-order chi connectivity index (χ0) is 15.0. The molecule has 2 atom stereocenters. The van der Waals surface area contributed by atoms with E-state index in [1.165, 1.54) is 12.8 Å². The maximum Gasteiger partial charge on any atom is 0.408 e. The fourth-order valence-electron chi connectivity index (χ4n) is 3.43. The van der Waals surface area contributed by atoms with Gasteiger partial charge >= 0.3 is 6.09 Å². The zero-order valence-electron chi connectivity index (χ0n) is 12.1. The molecule has 21 heavy (non-hydrogen) atoms. The van der Waals surface area contributed by atoms with Crippen molar-refractivity contribution in [2.24, 2.45) is 0 Å². The lowest BCUT2D eigenvalue weighted by Crippen LogP contribution is -2.48. The van der Waals surface area contributed by atoms with Crippen LogP contribution in [0.25, 0.3) is 0 Å². The summed E-state index contributed by atoms with van der Waals surface area (Å²) in [4.78, 5) is 29.1. The molecule has 0 unspecified atom stereocenters. The number of carboxylic acid groups (broad SMARTS) is 1. The molecule has 0 aromatic carbocycles. The zero-order valence-corrected chi connectivity index (χ0v) is 12.1. The number of carbonyl (C=O) groups is 2. The number of likely N-dealkylation sites (tertiary alicyclic amines) is 1. The maximum atomic E-state index is 12.6. The predicted octanol–water partition coefficient (Wildman–Crippen LogP) is -0.204.